The third-order valence-electron chi connectivity index (χ3n) is 2.01. The lowest BCUT2D eigenvalue weighted by Gasteiger charge is -2.02. The molecule has 88 valence electrons. The molecule has 0 aromatic carbocycles. The van der Waals surface area contributed by atoms with Crippen molar-refractivity contribution in [3.8, 4) is 0 Å². The minimum absolute atomic E-state index is 0.0811. The van der Waals surface area contributed by atoms with Gasteiger partial charge < -0.3 is 11.1 Å². The van der Waals surface area contributed by atoms with Crippen LogP contribution in [0.15, 0.2) is 24.4 Å². The molecule has 0 aliphatic rings. The molecule has 2 aromatic rings. The van der Waals surface area contributed by atoms with E-state index in [1.165, 1.54) is 12.1 Å². The van der Waals surface area contributed by atoms with Crippen molar-refractivity contribution in [2.45, 2.75) is 0 Å². The molecule has 0 saturated heterocycles. The van der Waals surface area contributed by atoms with Gasteiger partial charge in [-0.15, -0.1) is 0 Å². The highest BCUT2D eigenvalue weighted by Crippen LogP contribution is 2.20. The third kappa shape index (κ3) is 2.48. The van der Waals surface area contributed by atoms with Crippen LogP contribution in [0.5, 0.6) is 0 Å². The first kappa shape index (κ1) is 10.9. The highest BCUT2D eigenvalue weighted by atomic mass is 16.6. The van der Waals surface area contributed by atoms with Crippen molar-refractivity contribution in [3.63, 3.8) is 0 Å². The summed E-state index contributed by atoms with van der Waals surface area (Å²) in [4.78, 5) is 14.0. The van der Waals surface area contributed by atoms with Crippen LogP contribution in [0.3, 0.4) is 0 Å². The van der Waals surface area contributed by atoms with Gasteiger partial charge in [-0.05, 0) is 0 Å². The maximum Gasteiger partial charge on any atom is 0.276 e. The first-order valence-electron chi connectivity index (χ1n) is 4.73. The predicted octanol–water partition coefficient (Wildman–Crippen LogP) is 1.05. The number of anilines is 3. The Morgan fingerprint density at radius 3 is 2.82 bits per heavy atom. The van der Waals surface area contributed by atoms with E-state index >= 15 is 0 Å². The van der Waals surface area contributed by atoms with Crippen LogP contribution >= 0.6 is 0 Å². The van der Waals surface area contributed by atoms with Crippen molar-refractivity contribution in [1.29, 1.82) is 0 Å². The van der Waals surface area contributed by atoms with Crippen LogP contribution in [-0.2, 0) is 7.05 Å². The molecule has 0 atom stereocenters. The van der Waals surface area contributed by atoms with Crippen LogP contribution in [0, 0.1) is 10.1 Å². The Labute approximate surface area is 96.2 Å². The molecular formula is C9H10N6O2. The maximum absolute atomic E-state index is 10.6. The van der Waals surface area contributed by atoms with Crippen molar-refractivity contribution in [1.82, 2.24) is 14.8 Å². The number of nitro groups is 1. The molecule has 0 bridgehead atoms. The monoisotopic (exact) mass is 234 g/mol. The van der Waals surface area contributed by atoms with Crippen molar-refractivity contribution in [2.24, 2.45) is 7.05 Å². The molecule has 2 heterocycles. The first-order valence-corrected chi connectivity index (χ1v) is 4.73. The summed E-state index contributed by atoms with van der Waals surface area (Å²) < 4.78 is 1.60. The predicted molar refractivity (Wildman–Crippen MR) is 61.8 cm³/mol. The van der Waals surface area contributed by atoms with E-state index in [0.717, 1.165) is 0 Å². The second-order valence-electron chi connectivity index (χ2n) is 3.39. The molecule has 3 N–H and O–H groups in total. The summed E-state index contributed by atoms with van der Waals surface area (Å²) in [5, 5.41) is 17.5. The average Bonchev–Trinajstić information content (AvgIpc) is 2.63. The second-order valence-corrected chi connectivity index (χ2v) is 3.39. The largest absolute Gasteiger partial charge is 0.383 e. The van der Waals surface area contributed by atoms with E-state index in [0.29, 0.717) is 5.82 Å². The highest BCUT2D eigenvalue weighted by molar-refractivity contribution is 5.58. The number of nitrogens with one attached hydrogen (secondary N) is 1. The quantitative estimate of drug-likeness (QED) is 0.606. The van der Waals surface area contributed by atoms with E-state index in [4.69, 9.17) is 5.73 Å². The number of rotatable bonds is 3. The van der Waals surface area contributed by atoms with E-state index in [-0.39, 0.29) is 17.3 Å². The molecule has 0 radical (unpaired) electrons. The summed E-state index contributed by atoms with van der Waals surface area (Å²) in [6.45, 7) is 0. The zero-order chi connectivity index (χ0) is 12.4. The summed E-state index contributed by atoms with van der Waals surface area (Å²) in [5.41, 5.74) is 5.36. The standard InChI is InChI=1S/C9H10N6O2/c1-14-3-2-8(13-14)12-9-5-6(15(16)17)4-7(10)11-9/h2-5H,1H3,(H3,10,11,12,13). The Kier molecular flexibility index (Phi) is 2.61. The SMILES string of the molecule is Cn1ccc(Nc2cc([N+](=O)[O-])cc(N)n2)n1. The zero-order valence-corrected chi connectivity index (χ0v) is 8.99. The summed E-state index contributed by atoms with van der Waals surface area (Å²) in [6, 6.07) is 4.21. The van der Waals surface area contributed by atoms with Gasteiger partial charge in [-0.2, -0.15) is 5.10 Å². The van der Waals surface area contributed by atoms with Crippen molar-refractivity contribution in [3.05, 3.63) is 34.5 Å². The van der Waals surface area contributed by atoms with E-state index in [2.05, 4.69) is 15.4 Å². The number of aryl methyl sites for hydroxylation is 1. The molecule has 2 aromatic heterocycles. The van der Waals surface area contributed by atoms with Gasteiger partial charge in [-0.3, -0.25) is 14.8 Å². The number of nitrogens with zero attached hydrogens (tertiary/aromatic N) is 4. The van der Waals surface area contributed by atoms with Gasteiger partial charge in [0.15, 0.2) is 5.82 Å². The number of nitrogen functional groups attached to an aromatic ring is 1. The second kappa shape index (κ2) is 4.08. The van der Waals surface area contributed by atoms with Crippen LogP contribution in [0.25, 0.3) is 0 Å². The van der Waals surface area contributed by atoms with Gasteiger partial charge >= 0.3 is 0 Å². The Morgan fingerprint density at radius 2 is 2.24 bits per heavy atom. The fraction of sp³-hybridized carbons (Fsp3) is 0.111. The minimum Gasteiger partial charge on any atom is -0.383 e. The number of hydrogen-bond donors (Lipinski definition) is 2. The van der Waals surface area contributed by atoms with Crippen LogP contribution < -0.4 is 11.1 Å². The molecule has 0 amide bonds. The molecule has 8 nitrogen and oxygen atoms in total. The number of hydrogen-bond acceptors (Lipinski definition) is 6. The molecule has 8 heteroatoms. The van der Waals surface area contributed by atoms with E-state index < -0.39 is 4.92 Å². The molecule has 2 rings (SSSR count). The number of aromatic nitrogens is 3. The van der Waals surface area contributed by atoms with Gasteiger partial charge in [0.05, 0.1) is 17.1 Å². The Hall–Kier alpha value is -2.64. The van der Waals surface area contributed by atoms with Crippen LogP contribution in [-0.4, -0.2) is 19.7 Å². The highest BCUT2D eigenvalue weighted by Gasteiger charge is 2.10. The lowest BCUT2D eigenvalue weighted by atomic mass is 10.3. The minimum atomic E-state index is -0.526. The lowest BCUT2D eigenvalue weighted by molar-refractivity contribution is -0.384. The van der Waals surface area contributed by atoms with Crippen molar-refractivity contribution in [2.75, 3.05) is 11.1 Å². The number of pyridine rings is 1. The fourth-order valence-corrected chi connectivity index (χ4v) is 1.32. The Bertz CT molecular complexity index is 564. The van der Waals surface area contributed by atoms with Crippen LogP contribution in [0.4, 0.5) is 23.1 Å². The van der Waals surface area contributed by atoms with Gasteiger partial charge in [0.25, 0.3) is 5.69 Å². The topological polar surface area (TPSA) is 112 Å². The Morgan fingerprint density at radius 1 is 1.47 bits per heavy atom. The van der Waals surface area contributed by atoms with Gasteiger partial charge in [0, 0.05) is 19.3 Å². The van der Waals surface area contributed by atoms with E-state index in [9.17, 15) is 10.1 Å². The molecule has 17 heavy (non-hydrogen) atoms. The van der Waals surface area contributed by atoms with Gasteiger partial charge in [-0.25, -0.2) is 4.98 Å². The third-order valence-corrected chi connectivity index (χ3v) is 2.01. The van der Waals surface area contributed by atoms with Crippen LogP contribution in [0.1, 0.15) is 0 Å². The normalized spacial score (nSPS) is 10.2. The van der Waals surface area contributed by atoms with Crippen molar-refractivity contribution < 1.29 is 4.92 Å². The summed E-state index contributed by atoms with van der Waals surface area (Å²) in [7, 11) is 1.76. The summed E-state index contributed by atoms with van der Waals surface area (Å²) in [6.07, 6.45) is 1.74. The summed E-state index contributed by atoms with van der Waals surface area (Å²) >= 11 is 0. The van der Waals surface area contributed by atoms with E-state index in [1.54, 1.807) is 24.0 Å². The van der Waals surface area contributed by atoms with Gasteiger partial charge in [0.1, 0.15) is 11.6 Å². The maximum atomic E-state index is 10.6. The molecule has 0 aliphatic carbocycles. The first-order chi connectivity index (χ1) is 8.04. The summed E-state index contributed by atoms with van der Waals surface area (Å²) in [5.74, 6) is 0.910. The molecular weight excluding hydrogens is 224 g/mol. The molecule has 0 aliphatic heterocycles. The van der Waals surface area contributed by atoms with Gasteiger partial charge in [-0.1, -0.05) is 0 Å². The molecule has 0 fully saturated rings. The van der Waals surface area contributed by atoms with E-state index in [1.807, 2.05) is 0 Å². The number of nitrogens with two attached hydrogens (primary N) is 1. The smallest absolute Gasteiger partial charge is 0.276 e. The molecule has 0 saturated carbocycles. The van der Waals surface area contributed by atoms with Crippen molar-refractivity contribution >= 4 is 23.1 Å². The molecule has 0 spiro atoms. The molecule has 0 unspecified atom stereocenters. The van der Waals surface area contributed by atoms with Crippen LogP contribution in [0.2, 0.25) is 0 Å². The Balaban J connectivity index is 2.29. The lowest BCUT2D eigenvalue weighted by Crippen LogP contribution is -2.00. The van der Waals surface area contributed by atoms with Gasteiger partial charge in [0.2, 0.25) is 0 Å². The average molecular weight is 234 g/mol. The zero-order valence-electron chi connectivity index (χ0n) is 8.99. The fourth-order valence-electron chi connectivity index (χ4n) is 1.32.